The molecule has 0 aliphatic carbocycles. The van der Waals surface area contributed by atoms with E-state index < -0.39 is 8.25 Å². The van der Waals surface area contributed by atoms with E-state index in [-0.39, 0.29) is 6.61 Å². The minimum absolute atomic E-state index is 0.0314. The van der Waals surface area contributed by atoms with Crippen LogP contribution in [0.25, 0.3) is 22.4 Å². The van der Waals surface area contributed by atoms with Crippen molar-refractivity contribution in [2.75, 3.05) is 0 Å². The Kier molecular flexibility index (Phi) is 4.89. The molecule has 0 aliphatic heterocycles. The summed E-state index contributed by atoms with van der Waals surface area (Å²) in [5, 5.41) is 0. The van der Waals surface area contributed by atoms with E-state index in [1.54, 1.807) is 6.20 Å². The number of rotatable bonds is 5. The van der Waals surface area contributed by atoms with Crippen LogP contribution in [0.15, 0.2) is 72.9 Å². The molecule has 0 radical (unpaired) electrons. The molecule has 1 atom stereocenters. The Labute approximate surface area is 135 Å². The van der Waals surface area contributed by atoms with E-state index in [1.807, 2.05) is 66.7 Å². The van der Waals surface area contributed by atoms with Crippen molar-refractivity contribution >= 4 is 8.25 Å². The molecule has 2 aromatic carbocycles. The summed E-state index contributed by atoms with van der Waals surface area (Å²) in [5.74, 6) is 0. The molecule has 5 heteroatoms. The van der Waals surface area contributed by atoms with Crippen molar-refractivity contribution in [3.05, 3.63) is 78.5 Å². The van der Waals surface area contributed by atoms with E-state index >= 15 is 0 Å². The van der Waals surface area contributed by atoms with E-state index in [4.69, 9.17) is 9.42 Å². The largest absolute Gasteiger partial charge is 0.695 e. The number of hydrogen-bond donors (Lipinski definition) is 1. The van der Waals surface area contributed by atoms with Gasteiger partial charge in [0.15, 0.2) is 0 Å². The standard InChI is InChI=1S/C18H14NO3P/c20-23(21)22-13-17-11-16(14-7-3-1-4-8-14)12-19-18(17)15-9-5-2-6-10-15/h1-12H,13H2/p+1. The minimum atomic E-state index is -2.65. The van der Waals surface area contributed by atoms with Gasteiger partial charge in [0, 0.05) is 27.5 Å². The van der Waals surface area contributed by atoms with E-state index in [9.17, 15) is 4.57 Å². The maximum atomic E-state index is 10.9. The third kappa shape index (κ3) is 3.88. The van der Waals surface area contributed by atoms with Crippen molar-refractivity contribution in [3.63, 3.8) is 0 Å². The van der Waals surface area contributed by atoms with Gasteiger partial charge in [-0.05, 0) is 11.6 Å². The number of pyridine rings is 1. The van der Waals surface area contributed by atoms with Crippen LogP contribution in [0.3, 0.4) is 0 Å². The maximum Gasteiger partial charge on any atom is 0.695 e. The lowest BCUT2D eigenvalue weighted by Gasteiger charge is -2.09. The molecule has 0 aliphatic rings. The van der Waals surface area contributed by atoms with Crippen LogP contribution in [0.1, 0.15) is 5.56 Å². The first kappa shape index (κ1) is 15.5. The zero-order valence-corrected chi connectivity index (χ0v) is 13.2. The summed E-state index contributed by atoms with van der Waals surface area (Å²) in [6, 6.07) is 21.5. The van der Waals surface area contributed by atoms with Gasteiger partial charge in [-0.15, -0.1) is 9.42 Å². The van der Waals surface area contributed by atoms with Crippen LogP contribution in [0, 0.1) is 0 Å². The molecular formula is C18H15NO3P+. The molecule has 1 unspecified atom stereocenters. The van der Waals surface area contributed by atoms with Gasteiger partial charge in [0.05, 0.1) is 5.69 Å². The first-order chi connectivity index (χ1) is 11.2. The highest BCUT2D eigenvalue weighted by Gasteiger charge is 2.16. The molecular weight excluding hydrogens is 309 g/mol. The summed E-state index contributed by atoms with van der Waals surface area (Å²) in [6.07, 6.45) is 1.81. The second kappa shape index (κ2) is 7.25. The van der Waals surface area contributed by atoms with Gasteiger partial charge >= 0.3 is 8.25 Å². The van der Waals surface area contributed by atoms with E-state index in [0.717, 1.165) is 27.9 Å². The lowest BCUT2D eigenvalue weighted by Crippen LogP contribution is -1.96. The van der Waals surface area contributed by atoms with E-state index in [0.29, 0.717) is 0 Å². The lowest BCUT2D eigenvalue weighted by molar-refractivity contribution is 0.272. The Hall–Kier alpha value is -2.39. The summed E-state index contributed by atoms with van der Waals surface area (Å²) >= 11 is 0. The third-order valence-corrected chi connectivity index (χ3v) is 3.80. The number of nitrogens with zero attached hydrogens (tertiary/aromatic N) is 1. The molecule has 4 nitrogen and oxygen atoms in total. The summed E-state index contributed by atoms with van der Waals surface area (Å²) in [6.45, 7) is 0.0314. The quantitative estimate of drug-likeness (QED) is 0.698. The first-order valence-corrected chi connectivity index (χ1v) is 8.26. The zero-order valence-electron chi connectivity index (χ0n) is 12.3. The van der Waals surface area contributed by atoms with Crippen molar-refractivity contribution in [1.82, 2.24) is 4.98 Å². The highest BCUT2D eigenvalue weighted by Crippen LogP contribution is 2.29. The highest BCUT2D eigenvalue weighted by atomic mass is 31.1. The second-order valence-corrected chi connectivity index (χ2v) is 5.71. The van der Waals surface area contributed by atoms with E-state index in [1.165, 1.54) is 0 Å². The van der Waals surface area contributed by atoms with Crippen LogP contribution < -0.4 is 0 Å². The van der Waals surface area contributed by atoms with Crippen LogP contribution in [-0.4, -0.2) is 9.88 Å². The molecule has 0 spiro atoms. The Morgan fingerprint density at radius 1 is 0.913 bits per heavy atom. The molecule has 1 N–H and O–H groups in total. The molecule has 114 valence electrons. The van der Waals surface area contributed by atoms with Gasteiger partial charge in [0.25, 0.3) is 0 Å². The Morgan fingerprint density at radius 3 is 2.13 bits per heavy atom. The smallest absolute Gasteiger partial charge is 0.255 e. The van der Waals surface area contributed by atoms with Crippen LogP contribution in [0.4, 0.5) is 0 Å². The maximum absolute atomic E-state index is 10.9. The number of hydrogen-bond acceptors (Lipinski definition) is 3. The Morgan fingerprint density at radius 2 is 1.52 bits per heavy atom. The average molecular weight is 324 g/mol. The van der Waals surface area contributed by atoms with Gasteiger partial charge in [0.1, 0.15) is 6.61 Å². The monoisotopic (exact) mass is 324 g/mol. The van der Waals surface area contributed by atoms with Crippen molar-refractivity contribution in [2.24, 2.45) is 0 Å². The fraction of sp³-hybridized carbons (Fsp3) is 0.0556. The van der Waals surface area contributed by atoms with Crippen LogP contribution in [-0.2, 0) is 15.7 Å². The predicted octanol–water partition coefficient (Wildman–Crippen LogP) is 4.58. The summed E-state index contributed by atoms with van der Waals surface area (Å²) in [5.41, 5.74) is 4.45. The SMILES string of the molecule is O=[P+](O)OCc1cc(-c2ccccc2)cnc1-c1ccccc1. The van der Waals surface area contributed by atoms with E-state index in [2.05, 4.69) is 4.98 Å². The molecule has 0 saturated carbocycles. The van der Waals surface area contributed by atoms with Crippen LogP contribution >= 0.6 is 8.25 Å². The molecule has 1 aromatic heterocycles. The molecule has 3 aromatic rings. The molecule has 0 fully saturated rings. The van der Waals surface area contributed by atoms with Crippen molar-refractivity contribution < 1.29 is 14.0 Å². The Bertz CT molecular complexity index is 807. The van der Waals surface area contributed by atoms with Gasteiger partial charge in [-0.3, -0.25) is 4.98 Å². The molecule has 0 amide bonds. The minimum Gasteiger partial charge on any atom is -0.255 e. The fourth-order valence-electron chi connectivity index (χ4n) is 2.39. The van der Waals surface area contributed by atoms with Gasteiger partial charge < -0.3 is 0 Å². The first-order valence-electron chi connectivity index (χ1n) is 7.13. The molecule has 23 heavy (non-hydrogen) atoms. The molecule has 0 bridgehead atoms. The Balaban J connectivity index is 2.04. The van der Waals surface area contributed by atoms with Gasteiger partial charge in [-0.25, -0.2) is 0 Å². The lowest BCUT2D eigenvalue weighted by atomic mass is 10.0. The summed E-state index contributed by atoms with van der Waals surface area (Å²) in [7, 11) is -2.65. The topological polar surface area (TPSA) is 59.4 Å². The number of benzene rings is 2. The van der Waals surface area contributed by atoms with Crippen molar-refractivity contribution in [3.8, 4) is 22.4 Å². The second-order valence-electron chi connectivity index (χ2n) is 4.98. The predicted molar refractivity (Wildman–Crippen MR) is 89.7 cm³/mol. The van der Waals surface area contributed by atoms with Crippen molar-refractivity contribution in [2.45, 2.75) is 6.61 Å². The summed E-state index contributed by atoms with van der Waals surface area (Å²) in [4.78, 5) is 13.5. The summed E-state index contributed by atoms with van der Waals surface area (Å²) < 4.78 is 15.8. The van der Waals surface area contributed by atoms with Gasteiger partial charge in [-0.2, -0.15) is 0 Å². The molecule has 3 rings (SSSR count). The highest BCUT2D eigenvalue weighted by molar-refractivity contribution is 7.32. The van der Waals surface area contributed by atoms with Gasteiger partial charge in [-0.1, -0.05) is 60.7 Å². The fourth-order valence-corrected chi connectivity index (χ4v) is 2.64. The number of aromatic nitrogens is 1. The zero-order chi connectivity index (χ0) is 16.1. The molecule has 1 heterocycles. The van der Waals surface area contributed by atoms with Crippen LogP contribution in [0.5, 0.6) is 0 Å². The van der Waals surface area contributed by atoms with Crippen molar-refractivity contribution in [1.29, 1.82) is 0 Å². The van der Waals surface area contributed by atoms with Gasteiger partial charge in [0.2, 0.25) is 0 Å². The third-order valence-electron chi connectivity index (χ3n) is 3.45. The average Bonchev–Trinajstić information content (AvgIpc) is 2.61. The molecule has 0 saturated heterocycles. The van der Waals surface area contributed by atoms with Crippen LogP contribution in [0.2, 0.25) is 0 Å². The normalized spacial score (nSPS) is 11.3.